The SMILES string of the molecule is COCCOCCCNC(=O)[C@@H](C)c1ccc(OC)cc1. The maximum atomic E-state index is 12.0. The number of carbonyl (C=O) groups excluding carboxylic acids is 1. The lowest BCUT2D eigenvalue weighted by molar-refractivity contribution is -0.122. The summed E-state index contributed by atoms with van der Waals surface area (Å²) >= 11 is 0. The van der Waals surface area contributed by atoms with Gasteiger partial charge < -0.3 is 19.5 Å². The summed E-state index contributed by atoms with van der Waals surface area (Å²) in [5.74, 6) is 0.641. The first-order chi connectivity index (χ1) is 10.2. The van der Waals surface area contributed by atoms with Gasteiger partial charge in [-0.3, -0.25) is 4.79 Å². The van der Waals surface area contributed by atoms with Crippen LogP contribution < -0.4 is 10.1 Å². The van der Waals surface area contributed by atoms with E-state index in [2.05, 4.69) is 5.32 Å². The van der Waals surface area contributed by atoms with Crippen molar-refractivity contribution in [2.45, 2.75) is 19.3 Å². The number of benzene rings is 1. The summed E-state index contributed by atoms with van der Waals surface area (Å²) in [6, 6.07) is 7.55. The fourth-order valence-electron chi connectivity index (χ4n) is 1.83. The van der Waals surface area contributed by atoms with Crippen LogP contribution in [0.25, 0.3) is 0 Å². The monoisotopic (exact) mass is 295 g/mol. The molecule has 0 spiro atoms. The average molecular weight is 295 g/mol. The highest BCUT2D eigenvalue weighted by molar-refractivity contribution is 5.83. The van der Waals surface area contributed by atoms with Gasteiger partial charge in [0, 0.05) is 20.3 Å². The molecule has 1 atom stereocenters. The van der Waals surface area contributed by atoms with Crippen molar-refractivity contribution in [3.8, 4) is 5.75 Å². The van der Waals surface area contributed by atoms with Crippen LogP contribution in [-0.2, 0) is 14.3 Å². The third kappa shape index (κ3) is 6.60. The molecule has 0 saturated heterocycles. The number of carbonyl (C=O) groups is 1. The number of amides is 1. The van der Waals surface area contributed by atoms with Crippen molar-refractivity contribution < 1.29 is 19.0 Å². The highest BCUT2D eigenvalue weighted by Gasteiger charge is 2.14. The van der Waals surface area contributed by atoms with Crippen molar-refractivity contribution in [2.24, 2.45) is 0 Å². The van der Waals surface area contributed by atoms with Crippen LogP contribution in [0, 0.1) is 0 Å². The second-order valence-corrected chi connectivity index (χ2v) is 4.74. The van der Waals surface area contributed by atoms with E-state index in [4.69, 9.17) is 14.2 Å². The molecule has 0 saturated carbocycles. The molecule has 1 amide bonds. The lowest BCUT2D eigenvalue weighted by atomic mass is 10.0. The summed E-state index contributed by atoms with van der Waals surface area (Å²) in [5, 5.41) is 2.92. The number of ether oxygens (including phenoxy) is 3. The molecule has 5 heteroatoms. The van der Waals surface area contributed by atoms with E-state index in [9.17, 15) is 4.79 Å². The molecule has 0 aliphatic rings. The van der Waals surface area contributed by atoms with Crippen LogP contribution in [-0.4, -0.2) is 46.5 Å². The van der Waals surface area contributed by atoms with E-state index in [0.717, 1.165) is 17.7 Å². The molecule has 1 aromatic carbocycles. The highest BCUT2D eigenvalue weighted by atomic mass is 16.5. The summed E-state index contributed by atoms with van der Waals surface area (Å²) in [4.78, 5) is 12.0. The average Bonchev–Trinajstić information content (AvgIpc) is 2.53. The number of nitrogens with one attached hydrogen (secondary N) is 1. The number of hydrogen-bond acceptors (Lipinski definition) is 4. The zero-order valence-corrected chi connectivity index (χ0v) is 13.1. The molecule has 0 radical (unpaired) electrons. The van der Waals surface area contributed by atoms with Gasteiger partial charge in [-0.05, 0) is 31.0 Å². The summed E-state index contributed by atoms with van der Waals surface area (Å²) in [5.41, 5.74) is 0.977. The van der Waals surface area contributed by atoms with Gasteiger partial charge in [-0.2, -0.15) is 0 Å². The summed E-state index contributed by atoms with van der Waals surface area (Å²) in [6.45, 7) is 4.33. The lowest BCUT2D eigenvalue weighted by Gasteiger charge is -2.13. The summed E-state index contributed by atoms with van der Waals surface area (Å²) < 4.78 is 15.3. The Hall–Kier alpha value is -1.59. The second kappa shape index (κ2) is 10.2. The smallest absolute Gasteiger partial charge is 0.227 e. The Morgan fingerprint density at radius 1 is 1.14 bits per heavy atom. The molecule has 0 heterocycles. The first-order valence-corrected chi connectivity index (χ1v) is 7.17. The molecule has 0 aliphatic heterocycles. The molecular formula is C16H25NO4. The van der Waals surface area contributed by atoms with Gasteiger partial charge in [0.05, 0.1) is 26.2 Å². The van der Waals surface area contributed by atoms with E-state index in [0.29, 0.717) is 26.4 Å². The van der Waals surface area contributed by atoms with Gasteiger partial charge in [0.1, 0.15) is 5.75 Å². The van der Waals surface area contributed by atoms with Gasteiger partial charge in [0.25, 0.3) is 0 Å². The van der Waals surface area contributed by atoms with E-state index in [1.165, 1.54) is 0 Å². The van der Waals surface area contributed by atoms with E-state index in [-0.39, 0.29) is 11.8 Å². The minimum Gasteiger partial charge on any atom is -0.497 e. The van der Waals surface area contributed by atoms with Crippen molar-refractivity contribution in [3.63, 3.8) is 0 Å². The number of hydrogen-bond donors (Lipinski definition) is 1. The molecular weight excluding hydrogens is 270 g/mol. The molecule has 1 N–H and O–H groups in total. The van der Waals surface area contributed by atoms with Gasteiger partial charge in [-0.25, -0.2) is 0 Å². The number of rotatable bonds is 10. The van der Waals surface area contributed by atoms with Gasteiger partial charge in [0.2, 0.25) is 5.91 Å². The third-order valence-corrected chi connectivity index (χ3v) is 3.21. The van der Waals surface area contributed by atoms with Crippen LogP contribution in [0.1, 0.15) is 24.8 Å². The molecule has 0 unspecified atom stereocenters. The molecule has 1 rings (SSSR count). The molecule has 0 bridgehead atoms. The predicted molar refractivity (Wildman–Crippen MR) is 81.7 cm³/mol. The van der Waals surface area contributed by atoms with E-state index in [1.54, 1.807) is 14.2 Å². The maximum absolute atomic E-state index is 12.0. The van der Waals surface area contributed by atoms with Gasteiger partial charge in [-0.1, -0.05) is 12.1 Å². The van der Waals surface area contributed by atoms with Crippen LogP contribution in [0.4, 0.5) is 0 Å². The zero-order valence-electron chi connectivity index (χ0n) is 13.1. The second-order valence-electron chi connectivity index (χ2n) is 4.74. The summed E-state index contributed by atoms with van der Waals surface area (Å²) in [7, 11) is 3.27. The fraction of sp³-hybridized carbons (Fsp3) is 0.562. The maximum Gasteiger partial charge on any atom is 0.227 e. The molecule has 118 valence electrons. The standard InChI is InChI=1S/C16H25NO4/c1-13(14-5-7-15(20-3)8-6-14)16(18)17-9-4-10-21-12-11-19-2/h5-8,13H,4,9-12H2,1-3H3,(H,17,18)/t13-/m0/s1. The Balaban J connectivity index is 2.24. The Morgan fingerprint density at radius 2 is 1.86 bits per heavy atom. The molecule has 5 nitrogen and oxygen atoms in total. The normalized spacial score (nSPS) is 12.0. The van der Waals surface area contributed by atoms with Crippen LogP contribution in [0.15, 0.2) is 24.3 Å². The molecule has 1 aromatic rings. The van der Waals surface area contributed by atoms with Gasteiger partial charge in [-0.15, -0.1) is 0 Å². The first kappa shape index (κ1) is 17.5. The number of methoxy groups -OCH3 is 2. The highest BCUT2D eigenvalue weighted by Crippen LogP contribution is 2.19. The van der Waals surface area contributed by atoms with E-state index >= 15 is 0 Å². The molecule has 0 fully saturated rings. The first-order valence-electron chi connectivity index (χ1n) is 7.17. The van der Waals surface area contributed by atoms with Crippen LogP contribution >= 0.6 is 0 Å². The summed E-state index contributed by atoms with van der Waals surface area (Å²) in [6.07, 6.45) is 0.796. The quantitative estimate of drug-likeness (QED) is 0.671. The Labute approximate surface area is 126 Å². The largest absolute Gasteiger partial charge is 0.497 e. The Bertz CT molecular complexity index is 405. The molecule has 21 heavy (non-hydrogen) atoms. The van der Waals surface area contributed by atoms with Crippen molar-refractivity contribution in [2.75, 3.05) is 40.6 Å². The van der Waals surface area contributed by atoms with E-state index < -0.39 is 0 Å². The molecule has 0 aliphatic carbocycles. The van der Waals surface area contributed by atoms with Crippen molar-refractivity contribution in [1.29, 1.82) is 0 Å². The fourth-order valence-corrected chi connectivity index (χ4v) is 1.83. The zero-order chi connectivity index (χ0) is 15.5. The Morgan fingerprint density at radius 3 is 2.48 bits per heavy atom. The third-order valence-electron chi connectivity index (χ3n) is 3.21. The van der Waals surface area contributed by atoms with Gasteiger partial charge in [0.15, 0.2) is 0 Å². The topological polar surface area (TPSA) is 56.8 Å². The van der Waals surface area contributed by atoms with Crippen molar-refractivity contribution in [1.82, 2.24) is 5.32 Å². The lowest BCUT2D eigenvalue weighted by Crippen LogP contribution is -2.29. The predicted octanol–water partition coefficient (Wildman–Crippen LogP) is 1.97. The minimum atomic E-state index is -0.176. The van der Waals surface area contributed by atoms with Crippen LogP contribution in [0.5, 0.6) is 5.75 Å². The molecule has 0 aromatic heterocycles. The van der Waals surface area contributed by atoms with Gasteiger partial charge >= 0.3 is 0 Å². The van der Waals surface area contributed by atoms with Crippen molar-refractivity contribution >= 4 is 5.91 Å². The van der Waals surface area contributed by atoms with E-state index in [1.807, 2.05) is 31.2 Å². The Kier molecular flexibility index (Phi) is 8.47. The van der Waals surface area contributed by atoms with Crippen LogP contribution in [0.2, 0.25) is 0 Å². The minimum absolute atomic E-state index is 0.0251. The van der Waals surface area contributed by atoms with Crippen molar-refractivity contribution in [3.05, 3.63) is 29.8 Å². The van der Waals surface area contributed by atoms with Crippen LogP contribution in [0.3, 0.4) is 0 Å².